The van der Waals surface area contributed by atoms with Gasteiger partial charge in [0.15, 0.2) is 5.60 Å². The number of aromatic nitrogens is 2. The third-order valence-corrected chi connectivity index (χ3v) is 6.35. The molecule has 2 aliphatic heterocycles. The van der Waals surface area contributed by atoms with E-state index in [0.29, 0.717) is 28.7 Å². The normalized spacial score (nSPS) is 19.0. The first-order chi connectivity index (χ1) is 14.8. The van der Waals surface area contributed by atoms with Gasteiger partial charge in [-0.3, -0.25) is 14.9 Å². The van der Waals surface area contributed by atoms with Crippen molar-refractivity contribution in [1.82, 2.24) is 9.55 Å². The number of ether oxygens (including phenoxy) is 1. The number of benzene rings is 1. The maximum atomic E-state index is 13.3. The first kappa shape index (κ1) is 19.4. The van der Waals surface area contributed by atoms with E-state index in [1.54, 1.807) is 23.6 Å². The lowest BCUT2D eigenvalue weighted by atomic mass is 9.86. The molecule has 0 fully saturated rings. The number of nitrogens with zero attached hydrogens (tertiary/aromatic N) is 3. The maximum absolute atomic E-state index is 13.3. The second kappa shape index (κ2) is 6.45. The molecule has 0 bridgehead atoms. The summed E-state index contributed by atoms with van der Waals surface area (Å²) < 4.78 is 6.66. The summed E-state index contributed by atoms with van der Waals surface area (Å²) in [7, 11) is 0. The number of hydrogen-bond donors (Lipinski definition) is 1. The number of fused-ring (bicyclic) bond motifs is 5. The van der Waals surface area contributed by atoms with Gasteiger partial charge in [-0.2, -0.15) is 0 Å². The van der Waals surface area contributed by atoms with Crippen LogP contribution in [0.25, 0.3) is 22.3 Å². The van der Waals surface area contributed by atoms with Crippen LogP contribution in [0.2, 0.25) is 0 Å². The van der Waals surface area contributed by atoms with Crippen LogP contribution < -0.4 is 5.56 Å². The Hall–Kier alpha value is -3.59. The lowest BCUT2D eigenvalue weighted by Crippen LogP contribution is -2.44. The number of carbonyl (C=O) groups excluding carboxylic acids is 1. The summed E-state index contributed by atoms with van der Waals surface area (Å²) in [6.45, 7) is 3.69. The van der Waals surface area contributed by atoms with Crippen molar-refractivity contribution in [3.63, 3.8) is 0 Å². The summed E-state index contributed by atoms with van der Waals surface area (Å²) in [4.78, 5) is 41.0. The zero-order chi connectivity index (χ0) is 22.1. The van der Waals surface area contributed by atoms with E-state index >= 15 is 0 Å². The van der Waals surface area contributed by atoms with Gasteiger partial charge >= 0.3 is 5.97 Å². The van der Waals surface area contributed by atoms with Crippen LogP contribution in [0, 0.1) is 10.1 Å². The van der Waals surface area contributed by atoms with Crippen molar-refractivity contribution < 1.29 is 19.6 Å². The minimum Gasteiger partial charge on any atom is -0.458 e. The Kier molecular flexibility index (Phi) is 4.03. The van der Waals surface area contributed by atoms with E-state index in [4.69, 9.17) is 9.72 Å². The number of aryl methyl sites for hydroxylation is 1. The molecule has 158 valence electrons. The van der Waals surface area contributed by atoms with Gasteiger partial charge < -0.3 is 14.4 Å². The summed E-state index contributed by atoms with van der Waals surface area (Å²) in [6.07, 6.45) is 0.676. The van der Waals surface area contributed by atoms with Gasteiger partial charge in [-0.25, -0.2) is 9.78 Å². The van der Waals surface area contributed by atoms with Gasteiger partial charge in [0.2, 0.25) is 0 Å². The molecule has 1 unspecified atom stereocenters. The molecular formula is C22H19N3O6. The molecule has 31 heavy (non-hydrogen) atoms. The van der Waals surface area contributed by atoms with Gasteiger partial charge in [-0.05, 0) is 30.5 Å². The monoisotopic (exact) mass is 421 g/mol. The zero-order valence-corrected chi connectivity index (χ0v) is 17.0. The summed E-state index contributed by atoms with van der Waals surface area (Å²) in [6, 6.07) is 6.18. The van der Waals surface area contributed by atoms with Crippen molar-refractivity contribution >= 4 is 22.6 Å². The first-order valence-corrected chi connectivity index (χ1v) is 10.1. The number of pyridine rings is 2. The Labute approximate surface area is 176 Å². The molecule has 0 radical (unpaired) electrons. The molecular weight excluding hydrogens is 402 g/mol. The number of nitro groups is 1. The van der Waals surface area contributed by atoms with Crippen LogP contribution in [-0.4, -0.2) is 25.6 Å². The van der Waals surface area contributed by atoms with Gasteiger partial charge in [0.1, 0.15) is 6.61 Å². The lowest BCUT2D eigenvalue weighted by molar-refractivity contribution is -0.384. The van der Waals surface area contributed by atoms with Crippen LogP contribution in [0.3, 0.4) is 0 Å². The quantitative estimate of drug-likeness (QED) is 0.306. The predicted molar refractivity (Wildman–Crippen MR) is 111 cm³/mol. The number of cyclic esters (lactones) is 1. The number of nitro benzene ring substituents is 1. The second-order valence-electron chi connectivity index (χ2n) is 7.83. The van der Waals surface area contributed by atoms with E-state index in [2.05, 4.69) is 0 Å². The van der Waals surface area contributed by atoms with Crippen molar-refractivity contribution in [3.05, 3.63) is 67.0 Å². The molecule has 0 spiro atoms. The molecule has 0 amide bonds. The number of non-ortho nitro benzene ring substituents is 1. The number of hydrogen-bond acceptors (Lipinski definition) is 7. The summed E-state index contributed by atoms with van der Waals surface area (Å²) in [5.74, 6) is -0.766. The molecule has 1 aromatic carbocycles. The van der Waals surface area contributed by atoms with Gasteiger partial charge in [-0.1, -0.05) is 13.8 Å². The molecule has 2 aliphatic rings. The molecule has 5 rings (SSSR count). The zero-order valence-electron chi connectivity index (χ0n) is 17.0. The first-order valence-electron chi connectivity index (χ1n) is 10.1. The lowest BCUT2D eigenvalue weighted by Gasteiger charge is -2.31. The van der Waals surface area contributed by atoms with E-state index in [0.717, 1.165) is 11.1 Å². The molecule has 1 atom stereocenters. The van der Waals surface area contributed by atoms with Crippen molar-refractivity contribution in [1.29, 1.82) is 0 Å². The highest BCUT2D eigenvalue weighted by Crippen LogP contribution is 2.40. The highest BCUT2D eigenvalue weighted by molar-refractivity contribution is 5.90. The molecule has 4 heterocycles. The highest BCUT2D eigenvalue weighted by atomic mass is 16.6. The fourth-order valence-corrected chi connectivity index (χ4v) is 4.67. The van der Waals surface area contributed by atoms with Gasteiger partial charge in [0, 0.05) is 28.6 Å². The van der Waals surface area contributed by atoms with E-state index in [1.807, 2.05) is 6.92 Å². The molecule has 0 aliphatic carbocycles. The minimum absolute atomic E-state index is 0.0178. The third kappa shape index (κ3) is 2.50. The topological polar surface area (TPSA) is 125 Å². The van der Waals surface area contributed by atoms with Crippen molar-refractivity contribution in [3.8, 4) is 11.4 Å². The Bertz CT molecular complexity index is 1380. The van der Waals surface area contributed by atoms with Crippen LogP contribution >= 0.6 is 0 Å². The van der Waals surface area contributed by atoms with Crippen molar-refractivity contribution in [2.45, 2.75) is 45.4 Å². The molecule has 3 aromatic rings. The fraction of sp³-hybridized carbons (Fsp3) is 0.318. The molecule has 0 saturated carbocycles. The summed E-state index contributed by atoms with van der Waals surface area (Å²) >= 11 is 0. The number of aliphatic hydroxyl groups is 1. The molecule has 2 aromatic heterocycles. The Morgan fingerprint density at radius 3 is 2.71 bits per heavy atom. The fourth-order valence-electron chi connectivity index (χ4n) is 4.67. The second-order valence-corrected chi connectivity index (χ2v) is 7.83. The molecule has 9 nitrogen and oxygen atoms in total. The van der Waals surface area contributed by atoms with Crippen LogP contribution in [0.5, 0.6) is 0 Å². The minimum atomic E-state index is -1.88. The Morgan fingerprint density at radius 2 is 2.03 bits per heavy atom. The smallest absolute Gasteiger partial charge is 0.343 e. The number of rotatable bonds is 3. The molecule has 9 heteroatoms. The van der Waals surface area contributed by atoms with Gasteiger partial charge in [0.25, 0.3) is 11.2 Å². The molecule has 1 N–H and O–H groups in total. The van der Waals surface area contributed by atoms with Crippen LogP contribution in [-0.2, 0) is 34.7 Å². The highest BCUT2D eigenvalue weighted by Gasteiger charge is 2.45. The summed E-state index contributed by atoms with van der Waals surface area (Å²) in [5, 5.41) is 22.9. The van der Waals surface area contributed by atoms with Gasteiger partial charge in [0.05, 0.1) is 33.9 Å². The average molecular weight is 421 g/mol. The van der Waals surface area contributed by atoms with Crippen LogP contribution in [0.1, 0.15) is 42.5 Å². The van der Waals surface area contributed by atoms with Crippen LogP contribution in [0.4, 0.5) is 5.69 Å². The Morgan fingerprint density at radius 1 is 1.26 bits per heavy atom. The number of esters is 1. The van der Waals surface area contributed by atoms with E-state index in [9.17, 15) is 24.8 Å². The molecule has 0 saturated heterocycles. The van der Waals surface area contributed by atoms with Crippen molar-refractivity contribution in [2.24, 2.45) is 0 Å². The van der Waals surface area contributed by atoms with E-state index < -0.39 is 16.5 Å². The van der Waals surface area contributed by atoms with E-state index in [-0.39, 0.29) is 41.9 Å². The Balaban J connectivity index is 1.81. The summed E-state index contributed by atoms with van der Waals surface area (Å²) in [5.41, 5.74) is 1.71. The number of carbonyl (C=O) groups is 1. The van der Waals surface area contributed by atoms with Crippen LogP contribution in [0.15, 0.2) is 29.1 Å². The third-order valence-electron chi connectivity index (χ3n) is 6.35. The maximum Gasteiger partial charge on any atom is 0.343 e. The predicted octanol–water partition coefficient (Wildman–Crippen LogP) is 2.55. The standard InChI is InChI=1S/C22H19N3O6/c1-3-12-13-7-11(25(29)30)5-6-17(13)23-19-14(12)9-24-18(19)8-16-15(20(24)26)10-31-21(27)22(16,28)4-2/h5-8,28H,3-4,9-10H2,1-2H3. The average Bonchev–Trinajstić information content (AvgIpc) is 3.13. The SMILES string of the molecule is CCc1c2c(nc3ccc([N+](=O)[O-])cc13)-c1cc3c(c(=O)n1C2)COC(=O)C3(O)CC. The van der Waals surface area contributed by atoms with Crippen molar-refractivity contribution in [2.75, 3.05) is 0 Å². The van der Waals surface area contributed by atoms with E-state index in [1.165, 1.54) is 12.1 Å². The largest absolute Gasteiger partial charge is 0.458 e. The van der Waals surface area contributed by atoms with Gasteiger partial charge in [-0.15, -0.1) is 0 Å².